The van der Waals surface area contributed by atoms with Gasteiger partial charge in [-0.2, -0.15) is 0 Å². The monoisotopic (exact) mass is 317 g/mol. The predicted molar refractivity (Wildman–Crippen MR) is 85.3 cm³/mol. The van der Waals surface area contributed by atoms with Crippen LogP contribution in [-0.4, -0.2) is 45.3 Å². The maximum atomic E-state index is 12.3. The first-order valence-corrected chi connectivity index (χ1v) is 8.56. The molecule has 6 heteroatoms. The summed E-state index contributed by atoms with van der Waals surface area (Å²) in [4.78, 5) is 35.6. The van der Waals surface area contributed by atoms with Gasteiger partial charge in [0.1, 0.15) is 6.54 Å². The van der Waals surface area contributed by atoms with Crippen LogP contribution in [0.25, 0.3) is 0 Å². The summed E-state index contributed by atoms with van der Waals surface area (Å²) in [5, 5.41) is 8.92. The third-order valence-electron chi connectivity index (χ3n) is 3.31. The van der Waals surface area contributed by atoms with Crippen molar-refractivity contribution in [1.29, 1.82) is 0 Å². The zero-order valence-corrected chi connectivity index (χ0v) is 14.2. The fourth-order valence-corrected chi connectivity index (χ4v) is 2.97. The van der Waals surface area contributed by atoms with Gasteiger partial charge in [0.05, 0.1) is 0 Å². The Balaban J connectivity index is 0.00000191. The number of nitrogens with zero attached hydrogens (tertiary/aromatic N) is 1. The lowest BCUT2D eigenvalue weighted by Crippen LogP contribution is -2.45. The van der Waals surface area contributed by atoms with Crippen LogP contribution in [0.15, 0.2) is 0 Å². The Morgan fingerprint density at radius 1 is 1.24 bits per heavy atom. The van der Waals surface area contributed by atoms with Crippen LogP contribution in [0, 0.1) is 5.92 Å². The molecule has 1 fully saturated rings. The van der Waals surface area contributed by atoms with Crippen LogP contribution in [0.4, 0.5) is 0 Å². The molecule has 0 aromatic rings. The first-order valence-electron chi connectivity index (χ1n) is 7.57. The summed E-state index contributed by atoms with van der Waals surface area (Å²) in [7, 11) is 0. The van der Waals surface area contributed by atoms with Crippen molar-refractivity contribution in [2.24, 2.45) is 5.92 Å². The van der Waals surface area contributed by atoms with E-state index in [1.165, 1.54) is 11.8 Å². The summed E-state index contributed by atoms with van der Waals surface area (Å²) >= 11 is 1.11. The average molecular weight is 317 g/mol. The second-order valence-corrected chi connectivity index (χ2v) is 6.20. The third-order valence-corrected chi connectivity index (χ3v) is 4.39. The molecule has 0 aromatic heterocycles. The summed E-state index contributed by atoms with van der Waals surface area (Å²) in [5.41, 5.74) is 0. The SMILES string of the molecule is CC.CC(=O)SCC(C)C(=O)N(CC(=O)O)C1CCCC1. The molecule has 1 unspecified atom stereocenters. The Morgan fingerprint density at radius 3 is 2.19 bits per heavy atom. The van der Waals surface area contributed by atoms with Crippen molar-refractivity contribution in [2.75, 3.05) is 12.3 Å². The van der Waals surface area contributed by atoms with E-state index in [9.17, 15) is 14.4 Å². The molecular formula is C15H27NO4S. The highest BCUT2D eigenvalue weighted by Gasteiger charge is 2.30. The van der Waals surface area contributed by atoms with Crippen LogP contribution in [0.5, 0.6) is 0 Å². The molecule has 0 spiro atoms. The largest absolute Gasteiger partial charge is 0.480 e. The van der Waals surface area contributed by atoms with Crippen molar-refractivity contribution < 1.29 is 19.5 Å². The van der Waals surface area contributed by atoms with Crippen LogP contribution in [0.2, 0.25) is 0 Å². The molecule has 0 aliphatic heterocycles. The van der Waals surface area contributed by atoms with Crippen molar-refractivity contribution >= 4 is 28.8 Å². The lowest BCUT2D eigenvalue weighted by molar-refractivity contribution is -0.147. The highest BCUT2D eigenvalue weighted by atomic mass is 32.2. The van der Waals surface area contributed by atoms with Crippen molar-refractivity contribution in [3.8, 4) is 0 Å². The molecule has 0 radical (unpaired) electrons. The summed E-state index contributed by atoms with van der Waals surface area (Å²) in [6.45, 7) is 6.98. The molecule has 0 aromatic carbocycles. The fourth-order valence-electron chi connectivity index (χ4n) is 2.35. The number of amides is 1. The van der Waals surface area contributed by atoms with Gasteiger partial charge in [-0.15, -0.1) is 0 Å². The minimum absolute atomic E-state index is 0.0229. The summed E-state index contributed by atoms with van der Waals surface area (Å²) in [6, 6.07) is 0.0494. The van der Waals surface area contributed by atoms with Crippen molar-refractivity contribution in [3.63, 3.8) is 0 Å². The van der Waals surface area contributed by atoms with Gasteiger partial charge < -0.3 is 10.0 Å². The van der Waals surface area contributed by atoms with Gasteiger partial charge in [0.25, 0.3) is 0 Å². The van der Waals surface area contributed by atoms with Crippen molar-refractivity contribution in [3.05, 3.63) is 0 Å². The third kappa shape index (κ3) is 7.50. The molecule has 122 valence electrons. The minimum atomic E-state index is -0.980. The van der Waals surface area contributed by atoms with Crippen LogP contribution in [0.3, 0.4) is 0 Å². The molecule has 1 atom stereocenters. The summed E-state index contributed by atoms with van der Waals surface area (Å²) in [5.74, 6) is -1.04. The van der Waals surface area contributed by atoms with Gasteiger partial charge in [0, 0.05) is 24.6 Å². The Bertz CT molecular complexity index is 354. The van der Waals surface area contributed by atoms with Crippen molar-refractivity contribution in [2.45, 2.75) is 59.4 Å². The van der Waals surface area contributed by atoms with Gasteiger partial charge in [0.2, 0.25) is 5.91 Å². The van der Waals surface area contributed by atoms with Crippen LogP contribution < -0.4 is 0 Å². The van der Waals surface area contributed by atoms with Crippen LogP contribution in [-0.2, 0) is 14.4 Å². The minimum Gasteiger partial charge on any atom is -0.480 e. The second kappa shape index (κ2) is 10.7. The van der Waals surface area contributed by atoms with Gasteiger partial charge in [-0.25, -0.2) is 0 Å². The molecule has 0 saturated heterocycles. The first-order chi connectivity index (χ1) is 9.91. The Labute approximate surface area is 131 Å². The van der Waals surface area contributed by atoms with Gasteiger partial charge >= 0.3 is 5.97 Å². The lowest BCUT2D eigenvalue weighted by atomic mass is 10.1. The molecular weight excluding hydrogens is 290 g/mol. The number of hydrogen-bond donors (Lipinski definition) is 1. The number of thioether (sulfide) groups is 1. The quantitative estimate of drug-likeness (QED) is 0.815. The standard InChI is InChI=1S/C13H21NO4S.C2H6/c1-9(8-19-10(2)15)13(18)14(7-12(16)17)11-5-3-4-6-11;1-2/h9,11H,3-8H2,1-2H3,(H,16,17);1-2H3. The van der Waals surface area contributed by atoms with E-state index >= 15 is 0 Å². The molecule has 1 aliphatic rings. The van der Waals surface area contributed by atoms with E-state index in [0.29, 0.717) is 5.75 Å². The number of carboxylic acids is 1. The van der Waals surface area contributed by atoms with Gasteiger partial charge in [-0.3, -0.25) is 14.4 Å². The molecule has 21 heavy (non-hydrogen) atoms. The topological polar surface area (TPSA) is 74.7 Å². The Kier molecular flexibility index (Phi) is 10.1. The number of carbonyl (C=O) groups is 3. The molecule has 0 heterocycles. The number of rotatable bonds is 6. The van der Waals surface area contributed by atoms with E-state index in [1.54, 1.807) is 6.92 Å². The van der Waals surface area contributed by atoms with E-state index in [4.69, 9.17) is 5.11 Å². The zero-order valence-electron chi connectivity index (χ0n) is 13.4. The predicted octanol–water partition coefficient (Wildman–Crippen LogP) is 2.78. The number of aliphatic carboxylic acids is 1. The summed E-state index contributed by atoms with van der Waals surface area (Å²) < 4.78 is 0. The lowest BCUT2D eigenvalue weighted by Gasteiger charge is -2.29. The maximum absolute atomic E-state index is 12.3. The molecule has 1 saturated carbocycles. The number of carbonyl (C=O) groups excluding carboxylic acids is 2. The van der Waals surface area contributed by atoms with Gasteiger partial charge in [0.15, 0.2) is 5.12 Å². The molecule has 1 aliphatic carbocycles. The first kappa shape index (κ1) is 20.0. The second-order valence-electron chi connectivity index (χ2n) is 5.00. The summed E-state index contributed by atoms with van der Waals surface area (Å²) in [6.07, 6.45) is 3.85. The van der Waals surface area contributed by atoms with E-state index in [0.717, 1.165) is 37.4 Å². The van der Waals surface area contributed by atoms with E-state index in [2.05, 4.69) is 0 Å². The van der Waals surface area contributed by atoms with E-state index < -0.39 is 5.97 Å². The number of carboxylic acid groups (broad SMARTS) is 1. The molecule has 0 bridgehead atoms. The zero-order chi connectivity index (χ0) is 16.4. The van der Waals surface area contributed by atoms with E-state index in [-0.39, 0.29) is 29.5 Å². The highest BCUT2D eigenvalue weighted by molar-refractivity contribution is 8.13. The average Bonchev–Trinajstić information content (AvgIpc) is 2.97. The normalized spacial score (nSPS) is 15.8. The number of hydrogen-bond acceptors (Lipinski definition) is 4. The van der Waals surface area contributed by atoms with Crippen LogP contribution in [0.1, 0.15) is 53.4 Å². The molecule has 5 nitrogen and oxygen atoms in total. The fraction of sp³-hybridized carbons (Fsp3) is 0.800. The maximum Gasteiger partial charge on any atom is 0.323 e. The van der Waals surface area contributed by atoms with E-state index in [1.807, 2.05) is 13.8 Å². The molecule has 1 rings (SSSR count). The smallest absolute Gasteiger partial charge is 0.323 e. The van der Waals surface area contributed by atoms with Gasteiger partial charge in [-0.05, 0) is 12.8 Å². The Morgan fingerprint density at radius 2 is 1.76 bits per heavy atom. The molecule has 1 amide bonds. The molecule has 1 N–H and O–H groups in total. The van der Waals surface area contributed by atoms with Gasteiger partial charge in [-0.1, -0.05) is 45.4 Å². The van der Waals surface area contributed by atoms with Crippen LogP contribution >= 0.6 is 11.8 Å². The Hall–Kier alpha value is -1.04. The van der Waals surface area contributed by atoms with Crippen molar-refractivity contribution in [1.82, 2.24) is 4.90 Å². The highest BCUT2D eigenvalue weighted by Crippen LogP contribution is 2.25.